The molecule has 5 nitrogen and oxygen atoms in total. The summed E-state index contributed by atoms with van der Waals surface area (Å²) in [5.74, 6) is 0.0252. The number of hydrogen-bond acceptors (Lipinski definition) is 3. The zero-order valence-electron chi connectivity index (χ0n) is 12.1. The van der Waals surface area contributed by atoms with Crippen molar-refractivity contribution < 1.29 is 4.79 Å². The zero-order chi connectivity index (χ0) is 14.6. The predicted molar refractivity (Wildman–Crippen MR) is 81.4 cm³/mol. The normalized spacial score (nSPS) is 11.8. The molecule has 5 heteroatoms. The minimum absolute atomic E-state index is 0.0252. The van der Waals surface area contributed by atoms with Crippen LogP contribution in [-0.2, 0) is 4.79 Å². The van der Waals surface area contributed by atoms with Crippen LogP contribution < -0.4 is 11.1 Å². The van der Waals surface area contributed by atoms with Gasteiger partial charge in [-0.3, -0.25) is 9.89 Å². The van der Waals surface area contributed by atoms with Crippen LogP contribution >= 0.6 is 0 Å². The second-order valence-electron chi connectivity index (χ2n) is 5.89. The number of rotatable bonds is 6. The van der Waals surface area contributed by atoms with E-state index in [0.717, 1.165) is 29.4 Å². The number of hydrogen-bond donors (Lipinski definition) is 3. The van der Waals surface area contributed by atoms with E-state index in [1.165, 1.54) is 0 Å². The van der Waals surface area contributed by atoms with Crippen LogP contribution in [-0.4, -0.2) is 22.6 Å². The monoisotopic (exact) mass is 274 g/mol. The van der Waals surface area contributed by atoms with Crippen LogP contribution in [0.4, 0.5) is 5.69 Å². The molecule has 0 aliphatic heterocycles. The van der Waals surface area contributed by atoms with Crippen molar-refractivity contribution in [1.82, 2.24) is 10.2 Å². The van der Waals surface area contributed by atoms with Crippen molar-refractivity contribution in [3.8, 4) is 0 Å². The second-order valence-corrected chi connectivity index (χ2v) is 5.89. The van der Waals surface area contributed by atoms with Crippen molar-refractivity contribution in [3.63, 3.8) is 0 Å². The van der Waals surface area contributed by atoms with Crippen molar-refractivity contribution >= 4 is 22.5 Å². The molecule has 2 aromatic rings. The molecule has 2 rings (SSSR count). The topological polar surface area (TPSA) is 83.8 Å². The third kappa shape index (κ3) is 3.57. The highest BCUT2D eigenvalue weighted by atomic mass is 16.1. The fourth-order valence-electron chi connectivity index (χ4n) is 2.25. The number of fused-ring (bicyclic) bond motifs is 1. The molecular formula is C15H22N4O. The molecule has 0 unspecified atom stereocenters. The summed E-state index contributed by atoms with van der Waals surface area (Å²) in [7, 11) is 0. The van der Waals surface area contributed by atoms with E-state index < -0.39 is 0 Å². The third-order valence-electron chi connectivity index (χ3n) is 3.60. The van der Waals surface area contributed by atoms with Gasteiger partial charge in [0.05, 0.1) is 17.4 Å². The lowest BCUT2D eigenvalue weighted by atomic mass is 9.84. The van der Waals surface area contributed by atoms with Gasteiger partial charge >= 0.3 is 0 Å². The first kappa shape index (κ1) is 14.5. The molecule has 0 aliphatic carbocycles. The Morgan fingerprint density at radius 3 is 2.95 bits per heavy atom. The number of carbonyl (C=O) groups is 1. The number of H-pyrrole nitrogens is 1. The number of para-hydroxylation sites is 1. The maximum atomic E-state index is 12.1. The molecule has 1 amide bonds. The third-order valence-corrected chi connectivity index (χ3v) is 3.60. The number of nitrogens with one attached hydrogen (secondary N) is 2. The van der Waals surface area contributed by atoms with E-state index in [0.29, 0.717) is 13.0 Å². The van der Waals surface area contributed by atoms with Crippen molar-refractivity contribution in [2.45, 2.75) is 33.1 Å². The quantitative estimate of drug-likeness (QED) is 0.757. The Kier molecular flexibility index (Phi) is 4.39. The van der Waals surface area contributed by atoms with E-state index in [9.17, 15) is 4.79 Å². The molecule has 1 aromatic carbocycles. The maximum Gasteiger partial charge on any atom is 0.224 e. The molecule has 0 saturated heterocycles. The maximum absolute atomic E-state index is 12.1. The van der Waals surface area contributed by atoms with Gasteiger partial charge in [0.25, 0.3) is 0 Å². The molecule has 4 N–H and O–H groups in total. The second kappa shape index (κ2) is 6.05. The Labute approximate surface area is 118 Å². The number of carbonyl (C=O) groups excluding carboxylic acids is 1. The number of aromatic amines is 1. The van der Waals surface area contributed by atoms with Crippen LogP contribution in [0.15, 0.2) is 24.4 Å². The van der Waals surface area contributed by atoms with Crippen LogP contribution in [0.25, 0.3) is 10.9 Å². The molecule has 20 heavy (non-hydrogen) atoms. The SMILES string of the molecule is CC(C)(CCN)CCC(=O)Nc1cccc2cn[nH]c12. The minimum atomic E-state index is 0.0252. The van der Waals surface area contributed by atoms with Gasteiger partial charge in [0.1, 0.15) is 0 Å². The predicted octanol–water partition coefficient (Wildman–Crippen LogP) is 2.66. The smallest absolute Gasteiger partial charge is 0.224 e. The molecular weight excluding hydrogens is 252 g/mol. The van der Waals surface area contributed by atoms with Crippen LogP contribution in [0, 0.1) is 5.41 Å². The number of nitrogens with zero attached hydrogens (tertiary/aromatic N) is 1. The number of amides is 1. The van der Waals surface area contributed by atoms with Gasteiger partial charge in [-0.15, -0.1) is 0 Å². The van der Waals surface area contributed by atoms with Gasteiger partial charge in [0.15, 0.2) is 0 Å². The molecule has 1 aromatic heterocycles. The summed E-state index contributed by atoms with van der Waals surface area (Å²) in [5, 5.41) is 10.8. The Bertz CT molecular complexity index is 588. The fourth-order valence-corrected chi connectivity index (χ4v) is 2.25. The summed E-state index contributed by atoms with van der Waals surface area (Å²) in [5.41, 5.74) is 7.33. The van der Waals surface area contributed by atoms with Crippen LogP contribution in [0.3, 0.4) is 0 Å². The van der Waals surface area contributed by atoms with Crippen molar-refractivity contribution in [2.75, 3.05) is 11.9 Å². The minimum Gasteiger partial charge on any atom is -0.330 e. The summed E-state index contributed by atoms with van der Waals surface area (Å²) < 4.78 is 0. The lowest BCUT2D eigenvalue weighted by Gasteiger charge is -2.23. The van der Waals surface area contributed by atoms with Crippen LogP contribution in [0.2, 0.25) is 0 Å². The average Bonchev–Trinajstić information content (AvgIpc) is 2.86. The zero-order valence-corrected chi connectivity index (χ0v) is 12.1. The summed E-state index contributed by atoms with van der Waals surface area (Å²) in [6, 6.07) is 5.74. The Morgan fingerprint density at radius 2 is 2.20 bits per heavy atom. The van der Waals surface area contributed by atoms with Crippen LogP contribution in [0.5, 0.6) is 0 Å². The fraction of sp³-hybridized carbons (Fsp3) is 0.467. The Hall–Kier alpha value is -1.88. The number of anilines is 1. The molecule has 0 saturated carbocycles. The van der Waals surface area contributed by atoms with Gasteiger partial charge in [0.2, 0.25) is 5.91 Å². The molecule has 108 valence electrons. The summed E-state index contributed by atoms with van der Waals surface area (Å²) in [6.45, 7) is 4.94. The highest BCUT2D eigenvalue weighted by molar-refractivity contribution is 6.00. The van der Waals surface area contributed by atoms with E-state index in [1.54, 1.807) is 6.20 Å². The largest absolute Gasteiger partial charge is 0.330 e. The first-order valence-corrected chi connectivity index (χ1v) is 6.94. The lowest BCUT2D eigenvalue weighted by molar-refractivity contribution is -0.116. The number of benzene rings is 1. The molecule has 0 spiro atoms. The van der Waals surface area contributed by atoms with E-state index in [4.69, 9.17) is 5.73 Å². The van der Waals surface area contributed by atoms with Gasteiger partial charge in [-0.25, -0.2) is 0 Å². The summed E-state index contributed by atoms with van der Waals surface area (Å²) in [6.07, 6.45) is 4.00. The van der Waals surface area contributed by atoms with Crippen LogP contribution in [0.1, 0.15) is 33.1 Å². The van der Waals surface area contributed by atoms with Gasteiger partial charge in [-0.2, -0.15) is 5.10 Å². The molecule has 0 atom stereocenters. The molecule has 0 radical (unpaired) electrons. The lowest BCUT2D eigenvalue weighted by Crippen LogP contribution is -2.20. The molecule has 1 heterocycles. The van der Waals surface area contributed by atoms with Gasteiger partial charge < -0.3 is 11.1 Å². The van der Waals surface area contributed by atoms with E-state index in [-0.39, 0.29) is 11.3 Å². The summed E-state index contributed by atoms with van der Waals surface area (Å²) >= 11 is 0. The highest BCUT2D eigenvalue weighted by Crippen LogP contribution is 2.26. The van der Waals surface area contributed by atoms with E-state index in [2.05, 4.69) is 29.4 Å². The van der Waals surface area contributed by atoms with Gasteiger partial charge in [0, 0.05) is 11.8 Å². The first-order chi connectivity index (χ1) is 9.52. The van der Waals surface area contributed by atoms with Crippen molar-refractivity contribution in [1.29, 1.82) is 0 Å². The Balaban J connectivity index is 1.96. The van der Waals surface area contributed by atoms with E-state index >= 15 is 0 Å². The standard InChI is InChI=1S/C15H22N4O/c1-15(2,8-9-16)7-6-13(20)18-12-5-3-4-11-10-17-19-14(11)12/h3-5,10H,6-9,16H2,1-2H3,(H,17,19)(H,18,20). The molecule has 0 bridgehead atoms. The number of aromatic nitrogens is 2. The number of nitrogens with two attached hydrogens (primary N) is 1. The molecule has 0 fully saturated rings. The molecule has 0 aliphatic rings. The first-order valence-electron chi connectivity index (χ1n) is 6.94. The Morgan fingerprint density at radius 1 is 1.40 bits per heavy atom. The summed E-state index contributed by atoms with van der Waals surface area (Å²) in [4.78, 5) is 12.1. The average molecular weight is 274 g/mol. The highest BCUT2D eigenvalue weighted by Gasteiger charge is 2.18. The van der Waals surface area contributed by atoms with Gasteiger partial charge in [-0.1, -0.05) is 26.0 Å². The van der Waals surface area contributed by atoms with Gasteiger partial charge in [-0.05, 0) is 30.9 Å². The van der Waals surface area contributed by atoms with E-state index in [1.807, 2.05) is 18.2 Å². The van der Waals surface area contributed by atoms with Crippen molar-refractivity contribution in [2.24, 2.45) is 11.1 Å². The van der Waals surface area contributed by atoms with Crippen molar-refractivity contribution in [3.05, 3.63) is 24.4 Å².